The average Bonchev–Trinajstić information content (AvgIpc) is 2.93. The third kappa shape index (κ3) is 2.13. The van der Waals surface area contributed by atoms with E-state index in [0.29, 0.717) is 22.5 Å². The molecule has 3 rings (SSSR count). The Morgan fingerprint density at radius 3 is 2.95 bits per heavy atom. The van der Waals surface area contributed by atoms with Crippen molar-refractivity contribution in [3.8, 4) is 0 Å². The second kappa shape index (κ2) is 4.13. The first-order valence-electron chi connectivity index (χ1n) is 5.58. The van der Waals surface area contributed by atoms with Gasteiger partial charge in [-0.1, -0.05) is 0 Å². The molecule has 3 aromatic rings. The number of amides is 1. The van der Waals surface area contributed by atoms with Crippen molar-refractivity contribution in [1.82, 2.24) is 15.2 Å². The van der Waals surface area contributed by atoms with Crippen molar-refractivity contribution < 1.29 is 9.21 Å². The van der Waals surface area contributed by atoms with Crippen LogP contribution in [0.4, 0.5) is 5.69 Å². The predicted octanol–water partition coefficient (Wildman–Crippen LogP) is 1.40. The maximum Gasteiger partial charge on any atom is 0.417 e. The minimum absolute atomic E-state index is 0.299. The molecular weight excluding hydrogens is 248 g/mol. The topological polar surface area (TPSA) is 104 Å². The van der Waals surface area contributed by atoms with Gasteiger partial charge >= 0.3 is 5.76 Å². The molecule has 1 amide bonds. The fourth-order valence-electron chi connectivity index (χ4n) is 1.75. The number of aromatic nitrogens is 3. The van der Waals surface area contributed by atoms with Crippen molar-refractivity contribution in [3.05, 3.63) is 46.2 Å². The normalized spacial score (nSPS) is 10.8. The number of nitrogens with zero attached hydrogens (tertiary/aromatic N) is 1. The number of benzene rings is 1. The Morgan fingerprint density at radius 1 is 1.37 bits per heavy atom. The van der Waals surface area contributed by atoms with Crippen molar-refractivity contribution in [2.45, 2.75) is 6.92 Å². The smallest absolute Gasteiger partial charge is 0.408 e. The minimum Gasteiger partial charge on any atom is -0.408 e. The lowest BCUT2D eigenvalue weighted by Gasteiger charge is -2.01. The number of hydrogen-bond acceptors (Lipinski definition) is 4. The summed E-state index contributed by atoms with van der Waals surface area (Å²) < 4.78 is 4.92. The summed E-state index contributed by atoms with van der Waals surface area (Å²) in [5.41, 5.74) is 2.60. The first kappa shape index (κ1) is 11.3. The van der Waals surface area contributed by atoms with E-state index in [4.69, 9.17) is 4.42 Å². The van der Waals surface area contributed by atoms with Gasteiger partial charge in [0.2, 0.25) is 0 Å². The number of rotatable bonds is 2. The van der Waals surface area contributed by atoms with Crippen LogP contribution in [0.15, 0.2) is 33.5 Å². The lowest BCUT2D eigenvalue weighted by atomic mass is 10.2. The molecule has 2 heterocycles. The first-order chi connectivity index (χ1) is 9.11. The Kier molecular flexibility index (Phi) is 2.45. The molecule has 0 aliphatic rings. The molecule has 1 aromatic carbocycles. The highest BCUT2D eigenvalue weighted by molar-refractivity contribution is 6.03. The third-order valence-corrected chi connectivity index (χ3v) is 2.62. The number of carbonyl (C=O) groups excluding carboxylic acids is 1. The second-order valence-corrected chi connectivity index (χ2v) is 4.12. The number of fused-ring (bicyclic) bond motifs is 1. The average molecular weight is 258 g/mol. The van der Waals surface area contributed by atoms with E-state index in [1.807, 2.05) is 6.92 Å². The van der Waals surface area contributed by atoms with Gasteiger partial charge in [-0.3, -0.25) is 14.9 Å². The number of aromatic amines is 2. The highest BCUT2D eigenvalue weighted by Gasteiger charge is 2.10. The molecule has 0 atom stereocenters. The third-order valence-electron chi connectivity index (χ3n) is 2.62. The maximum atomic E-state index is 11.9. The van der Waals surface area contributed by atoms with Gasteiger partial charge < -0.3 is 9.73 Å². The molecule has 0 saturated carbocycles. The molecule has 0 spiro atoms. The van der Waals surface area contributed by atoms with E-state index in [9.17, 15) is 9.59 Å². The summed E-state index contributed by atoms with van der Waals surface area (Å²) in [6, 6.07) is 6.55. The summed E-state index contributed by atoms with van der Waals surface area (Å²) in [5, 5.41) is 9.23. The highest BCUT2D eigenvalue weighted by atomic mass is 16.4. The fraction of sp³-hybridized carbons (Fsp3) is 0.0833. The van der Waals surface area contributed by atoms with Gasteiger partial charge in [-0.2, -0.15) is 5.10 Å². The van der Waals surface area contributed by atoms with Crippen LogP contribution in [0.1, 0.15) is 16.2 Å². The van der Waals surface area contributed by atoms with E-state index >= 15 is 0 Å². The van der Waals surface area contributed by atoms with Gasteiger partial charge in [-0.25, -0.2) is 4.79 Å². The molecule has 0 fully saturated rings. The van der Waals surface area contributed by atoms with Crippen LogP contribution < -0.4 is 11.1 Å². The molecule has 0 aliphatic heterocycles. The van der Waals surface area contributed by atoms with Crippen LogP contribution in [-0.2, 0) is 0 Å². The lowest BCUT2D eigenvalue weighted by Crippen LogP contribution is -2.12. The molecule has 0 bridgehead atoms. The van der Waals surface area contributed by atoms with Gasteiger partial charge in [-0.15, -0.1) is 0 Å². The Bertz CT molecular complexity index is 812. The van der Waals surface area contributed by atoms with E-state index in [1.54, 1.807) is 24.3 Å². The van der Waals surface area contributed by atoms with Crippen molar-refractivity contribution in [1.29, 1.82) is 0 Å². The minimum atomic E-state index is -0.526. The number of carbonyl (C=O) groups is 1. The Balaban J connectivity index is 1.88. The molecule has 0 aliphatic carbocycles. The molecule has 3 N–H and O–H groups in total. The Labute approximate surface area is 106 Å². The zero-order valence-corrected chi connectivity index (χ0v) is 9.98. The summed E-state index contributed by atoms with van der Waals surface area (Å²) >= 11 is 0. The van der Waals surface area contributed by atoms with Crippen LogP contribution in [0, 0.1) is 6.92 Å². The Hall–Kier alpha value is -2.83. The van der Waals surface area contributed by atoms with Gasteiger partial charge in [-0.05, 0) is 25.1 Å². The van der Waals surface area contributed by atoms with Crippen molar-refractivity contribution in [2.75, 3.05) is 5.32 Å². The zero-order chi connectivity index (χ0) is 13.4. The molecule has 2 aromatic heterocycles. The first-order valence-corrected chi connectivity index (χ1v) is 5.58. The summed E-state index contributed by atoms with van der Waals surface area (Å²) in [6.07, 6.45) is 0. The number of nitrogens with one attached hydrogen (secondary N) is 3. The summed E-state index contributed by atoms with van der Waals surface area (Å²) in [4.78, 5) is 25.4. The standard InChI is InChI=1S/C12H10N4O3/c1-6-4-9(16-15-6)11(17)13-7-2-3-8-10(5-7)19-12(18)14-8/h2-5H,1H3,(H,13,17)(H,14,18)(H,15,16). The van der Waals surface area contributed by atoms with Crippen molar-refractivity contribution in [2.24, 2.45) is 0 Å². The monoisotopic (exact) mass is 258 g/mol. The van der Waals surface area contributed by atoms with Crippen LogP contribution in [0.25, 0.3) is 11.1 Å². The fourth-order valence-corrected chi connectivity index (χ4v) is 1.75. The highest BCUT2D eigenvalue weighted by Crippen LogP contribution is 2.16. The van der Waals surface area contributed by atoms with Crippen LogP contribution >= 0.6 is 0 Å². The molecule has 7 heteroatoms. The molecule has 19 heavy (non-hydrogen) atoms. The quantitative estimate of drug-likeness (QED) is 0.646. The molecule has 7 nitrogen and oxygen atoms in total. The van der Waals surface area contributed by atoms with Crippen molar-refractivity contribution >= 4 is 22.7 Å². The summed E-state index contributed by atoms with van der Waals surface area (Å²) in [5.74, 6) is -0.858. The largest absolute Gasteiger partial charge is 0.417 e. The second-order valence-electron chi connectivity index (χ2n) is 4.12. The van der Waals surface area contributed by atoms with Crippen LogP contribution in [0.5, 0.6) is 0 Å². The van der Waals surface area contributed by atoms with Gasteiger partial charge in [0.25, 0.3) is 5.91 Å². The SMILES string of the molecule is Cc1cc(C(=O)Nc2ccc3[nH]c(=O)oc3c2)n[nH]1. The number of oxazole rings is 1. The van der Waals surface area contributed by atoms with E-state index in [0.717, 1.165) is 5.69 Å². The molecule has 0 saturated heterocycles. The summed E-state index contributed by atoms with van der Waals surface area (Å²) in [6.45, 7) is 1.81. The van der Waals surface area contributed by atoms with Gasteiger partial charge in [0, 0.05) is 17.4 Å². The van der Waals surface area contributed by atoms with E-state index < -0.39 is 5.76 Å². The van der Waals surface area contributed by atoms with Gasteiger partial charge in [0.1, 0.15) is 0 Å². The molecule has 96 valence electrons. The zero-order valence-electron chi connectivity index (χ0n) is 9.98. The number of aryl methyl sites for hydroxylation is 1. The number of H-pyrrole nitrogens is 2. The number of anilines is 1. The lowest BCUT2D eigenvalue weighted by molar-refractivity contribution is 0.102. The van der Waals surface area contributed by atoms with E-state index in [1.165, 1.54) is 0 Å². The Morgan fingerprint density at radius 2 is 2.21 bits per heavy atom. The van der Waals surface area contributed by atoms with E-state index in [2.05, 4.69) is 20.5 Å². The van der Waals surface area contributed by atoms with Gasteiger partial charge in [0.05, 0.1) is 5.52 Å². The molecule has 0 unspecified atom stereocenters. The van der Waals surface area contributed by atoms with Crippen molar-refractivity contribution in [3.63, 3.8) is 0 Å². The summed E-state index contributed by atoms with van der Waals surface area (Å²) in [7, 11) is 0. The predicted molar refractivity (Wildman–Crippen MR) is 68.1 cm³/mol. The van der Waals surface area contributed by atoms with Crippen LogP contribution in [0.2, 0.25) is 0 Å². The van der Waals surface area contributed by atoms with Crippen LogP contribution in [0.3, 0.4) is 0 Å². The van der Waals surface area contributed by atoms with E-state index in [-0.39, 0.29) is 5.91 Å². The van der Waals surface area contributed by atoms with Crippen LogP contribution in [-0.4, -0.2) is 21.1 Å². The maximum absolute atomic E-state index is 11.9. The molecule has 0 radical (unpaired) electrons. The molecular formula is C12H10N4O3. The number of hydrogen-bond donors (Lipinski definition) is 3. The van der Waals surface area contributed by atoms with Gasteiger partial charge in [0.15, 0.2) is 11.3 Å².